The molecule has 6 nitrogen and oxygen atoms in total. The van der Waals surface area contributed by atoms with Crippen molar-refractivity contribution in [2.75, 3.05) is 6.54 Å². The zero-order valence-electron chi connectivity index (χ0n) is 21.6. The zero-order valence-corrected chi connectivity index (χ0v) is 21.6. The van der Waals surface area contributed by atoms with Crippen molar-refractivity contribution < 1.29 is 14.3 Å². The van der Waals surface area contributed by atoms with Gasteiger partial charge in [-0.25, -0.2) is 0 Å². The zero-order chi connectivity index (χ0) is 26.5. The summed E-state index contributed by atoms with van der Waals surface area (Å²) in [5.41, 5.74) is 5.82. The number of nitrogens with zero attached hydrogens (tertiary/aromatic N) is 2. The summed E-state index contributed by atoms with van der Waals surface area (Å²) in [7, 11) is 0. The Morgan fingerprint density at radius 3 is 2.58 bits per heavy atom. The molecule has 0 aliphatic carbocycles. The maximum absolute atomic E-state index is 13.7. The summed E-state index contributed by atoms with van der Waals surface area (Å²) in [5.74, 6) is 0.372. The highest BCUT2D eigenvalue weighted by molar-refractivity contribution is 5.95. The van der Waals surface area contributed by atoms with Gasteiger partial charge in [0.15, 0.2) is 6.10 Å². The molecule has 192 valence electrons. The summed E-state index contributed by atoms with van der Waals surface area (Å²) in [6.07, 6.45) is 1.75. The first-order valence-corrected chi connectivity index (χ1v) is 12.9. The molecule has 0 unspecified atom stereocenters. The largest absolute Gasteiger partial charge is 0.481 e. The van der Waals surface area contributed by atoms with Crippen molar-refractivity contribution in [3.05, 3.63) is 131 Å². The molecule has 1 aliphatic rings. The predicted octanol–water partition coefficient (Wildman–Crippen LogP) is 5.26. The normalized spacial score (nSPS) is 15.3. The third-order valence-electron chi connectivity index (χ3n) is 6.84. The molecule has 4 aromatic rings. The molecule has 38 heavy (non-hydrogen) atoms. The lowest BCUT2D eigenvalue weighted by Gasteiger charge is -2.38. The van der Waals surface area contributed by atoms with Crippen LogP contribution in [0.25, 0.3) is 0 Å². The monoisotopic (exact) mass is 505 g/mol. The van der Waals surface area contributed by atoms with Crippen LogP contribution < -0.4 is 10.1 Å². The number of rotatable bonds is 7. The third kappa shape index (κ3) is 5.59. The molecule has 0 saturated heterocycles. The van der Waals surface area contributed by atoms with Crippen LogP contribution in [-0.2, 0) is 17.8 Å². The van der Waals surface area contributed by atoms with E-state index >= 15 is 0 Å². The van der Waals surface area contributed by atoms with Crippen molar-refractivity contribution in [3.63, 3.8) is 0 Å². The molecule has 2 atom stereocenters. The van der Waals surface area contributed by atoms with Gasteiger partial charge in [0, 0.05) is 18.3 Å². The number of aryl methyl sites for hydroxylation is 1. The number of ether oxygens (including phenoxy) is 1. The van der Waals surface area contributed by atoms with Gasteiger partial charge in [-0.05, 0) is 73.4 Å². The summed E-state index contributed by atoms with van der Waals surface area (Å²) in [6, 6.07) is 29.0. The molecule has 2 amide bonds. The molecule has 3 aromatic carbocycles. The summed E-state index contributed by atoms with van der Waals surface area (Å²) in [5, 5.41) is 2.88. The number of hydrogen-bond acceptors (Lipinski definition) is 4. The molecule has 2 heterocycles. The van der Waals surface area contributed by atoms with Crippen molar-refractivity contribution in [3.8, 4) is 5.75 Å². The maximum atomic E-state index is 13.7. The number of pyridine rings is 1. The molecular weight excluding hydrogens is 474 g/mol. The summed E-state index contributed by atoms with van der Waals surface area (Å²) < 4.78 is 6.08. The van der Waals surface area contributed by atoms with Crippen LogP contribution in [0.15, 0.2) is 97.2 Å². The Balaban J connectivity index is 1.41. The van der Waals surface area contributed by atoms with Crippen molar-refractivity contribution in [2.24, 2.45) is 0 Å². The minimum absolute atomic E-state index is 0.00338. The van der Waals surface area contributed by atoms with Crippen LogP contribution in [0.3, 0.4) is 0 Å². The Hall–Kier alpha value is -4.45. The molecule has 1 N–H and O–H groups in total. The van der Waals surface area contributed by atoms with E-state index in [0.29, 0.717) is 24.4 Å². The van der Waals surface area contributed by atoms with Gasteiger partial charge in [-0.2, -0.15) is 0 Å². The topological polar surface area (TPSA) is 71.5 Å². The van der Waals surface area contributed by atoms with Crippen LogP contribution in [-0.4, -0.2) is 34.3 Å². The highest BCUT2D eigenvalue weighted by atomic mass is 16.5. The molecular formula is C32H31N3O3. The number of nitrogens with one attached hydrogen (secondary N) is 1. The molecule has 6 heteroatoms. The second kappa shape index (κ2) is 11.3. The van der Waals surface area contributed by atoms with Crippen LogP contribution in [0.4, 0.5) is 0 Å². The lowest BCUT2D eigenvalue weighted by atomic mass is 9.87. The molecule has 0 bridgehead atoms. The summed E-state index contributed by atoms with van der Waals surface area (Å²) in [4.78, 5) is 32.6. The number of aromatic nitrogens is 1. The fourth-order valence-corrected chi connectivity index (χ4v) is 4.91. The van der Waals surface area contributed by atoms with E-state index in [2.05, 4.69) is 41.5 Å². The van der Waals surface area contributed by atoms with Crippen LogP contribution >= 0.6 is 0 Å². The van der Waals surface area contributed by atoms with Gasteiger partial charge in [-0.1, -0.05) is 60.2 Å². The van der Waals surface area contributed by atoms with E-state index < -0.39 is 6.10 Å². The van der Waals surface area contributed by atoms with Crippen molar-refractivity contribution in [2.45, 2.75) is 39.0 Å². The van der Waals surface area contributed by atoms with Gasteiger partial charge in [0.1, 0.15) is 5.75 Å². The molecule has 5 rings (SSSR count). The number of hydrogen-bond donors (Lipinski definition) is 1. The molecule has 0 fully saturated rings. The second-order valence-corrected chi connectivity index (χ2v) is 9.59. The smallest absolute Gasteiger partial charge is 0.261 e. The SMILES string of the molecule is Cc1cccc([C@@H]2c3cc(O[C@H](C)C(=O)NCc4ccccn4)ccc3CCN2C(=O)c2ccccc2)c1. The molecule has 0 radical (unpaired) electrons. The standard InChI is InChI=1S/C32H31N3O3/c1-22-9-8-12-26(19-22)30-29-20-28(38-23(2)31(36)34-21-27-13-6-7-17-33-27)15-14-24(29)16-18-35(30)32(37)25-10-4-3-5-11-25/h3-15,17,19-20,23,30H,16,18,21H2,1-2H3,(H,34,36)/t23-,30-/m1/s1. The Bertz CT molecular complexity index is 1420. The van der Waals surface area contributed by atoms with Gasteiger partial charge in [0.25, 0.3) is 11.8 Å². The quantitative estimate of drug-likeness (QED) is 0.372. The van der Waals surface area contributed by atoms with E-state index in [1.54, 1.807) is 13.1 Å². The highest BCUT2D eigenvalue weighted by Gasteiger charge is 2.33. The van der Waals surface area contributed by atoms with Crippen LogP contribution in [0.1, 0.15) is 51.3 Å². The average Bonchev–Trinajstić information content (AvgIpc) is 2.95. The van der Waals surface area contributed by atoms with E-state index in [9.17, 15) is 9.59 Å². The minimum atomic E-state index is -0.695. The van der Waals surface area contributed by atoms with Crippen LogP contribution in [0.5, 0.6) is 5.75 Å². The van der Waals surface area contributed by atoms with Crippen molar-refractivity contribution >= 4 is 11.8 Å². The minimum Gasteiger partial charge on any atom is -0.481 e. The van der Waals surface area contributed by atoms with Gasteiger partial charge in [-0.15, -0.1) is 0 Å². The van der Waals surface area contributed by atoms with Gasteiger partial charge in [0.05, 0.1) is 18.3 Å². The predicted molar refractivity (Wildman–Crippen MR) is 147 cm³/mol. The Morgan fingerprint density at radius 1 is 1.00 bits per heavy atom. The van der Waals surface area contributed by atoms with Gasteiger partial charge in [0.2, 0.25) is 0 Å². The van der Waals surface area contributed by atoms with Crippen LogP contribution in [0, 0.1) is 6.92 Å². The summed E-state index contributed by atoms with van der Waals surface area (Å²) >= 11 is 0. The molecule has 1 aliphatic heterocycles. The lowest BCUT2D eigenvalue weighted by Crippen LogP contribution is -2.40. The first kappa shape index (κ1) is 25.2. The van der Waals surface area contributed by atoms with Crippen molar-refractivity contribution in [1.82, 2.24) is 15.2 Å². The number of benzene rings is 3. The first-order chi connectivity index (χ1) is 18.5. The highest BCUT2D eigenvalue weighted by Crippen LogP contribution is 2.38. The van der Waals surface area contributed by atoms with Crippen LogP contribution in [0.2, 0.25) is 0 Å². The van der Waals surface area contributed by atoms with E-state index in [1.165, 1.54) is 5.56 Å². The number of carbonyl (C=O) groups excluding carboxylic acids is 2. The number of fused-ring (bicyclic) bond motifs is 1. The molecule has 1 aromatic heterocycles. The van der Waals surface area contributed by atoms with Gasteiger partial charge >= 0.3 is 0 Å². The Kier molecular flexibility index (Phi) is 7.50. The van der Waals surface area contributed by atoms with Crippen molar-refractivity contribution in [1.29, 1.82) is 0 Å². The van der Waals surface area contributed by atoms with E-state index in [1.807, 2.05) is 71.6 Å². The number of carbonyl (C=O) groups is 2. The molecule has 0 spiro atoms. The van der Waals surface area contributed by atoms with Gasteiger partial charge in [-0.3, -0.25) is 14.6 Å². The maximum Gasteiger partial charge on any atom is 0.261 e. The lowest BCUT2D eigenvalue weighted by molar-refractivity contribution is -0.127. The Morgan fingerprint density at radius 2 is 1.82 bits per heavy atom. The first-order valence-electron chi connectivity index (χ1n) is 12.9. The van der Waals surface area contributed by atoms with E-state index in [4.69, 9.17) is 4.74 Å². The van der Waals surface area contributed by atoms with E-state index in [-0.39, 0.29) is 17.9 Å². The van der Waals surface area contributed by atoms with E-state index in [0.717, 1.165) is 28.8 Å². The summed E-state index contributed by atoms with van der Waals surface area (Å²) in [6.45, 7) is 4.74. The Labute approximate surface area is 223 Å². The third-order valence-corrected chi connectivity index (χ3v) is 6.84. The fraction of sp³-hybridized carbons (Fsp3) is 0.219. The second-order valence-electron chi connectivity index (χ2n) is 9.59. The average molecular weight is 506 g/mol. The number of amides is 2. The molecule has 0 saturated carbocycles. The van der Waals surface area contributed by atoms with Gasteiger partial charge < -0.3 is 15.0 Å². The fourth-order valence-electron chi connectivity index (χ4n) is 4.91.